The smallest absolute Gasteiger partial charge is 0.222 e. The number of carbonyl (C=O) groups is 1. The van der Waals surface area contributed by atoms with Gasteiger partial charge in [-0.05, 0) is 53.1 Å². The second-order valence-corrected chi connectivity index (χ2v) is 5.15. The van der Waals surface area contributed by atoms with Gasteiger partial charge in [-0.15, -0.1) is 0 Å². The Bertz CT molecular complexity index is 364. The van der Waals surface area contributed by atoms with Gasteiger partial charge in [0.1, 0.15) is 0 Å². The summed E-state index contributed by atoms with van der Waals surface area (Å²) in [6.45, 7) is 1.69. The van der Waals surface area contributed by atoms with Crippen LogP contribution in [-0.4, -0.2) is 17.4 Å². The lowest BCUT2D eigenvalue weighted by atomic mass is 10.1. The van der Waals surface area contributed by atoms with Crippen molar-refractivity contribution in [2.45, 2.75) is 25.8 Å². The summed E-state index contributed by atoms with van der Waals surface area (Å²) in [6, 6.07) is 8.35. The molecule has 0 saturated carbocycles. The maximum Gasteiger partial charge on any atom is 0.222 e. The van der Waals surface area contributed by atoms with Crippen LogP contribution in [0.4, 0.5) is 0 Å². The highest BCUT2D eigenvalue weighted by atomic mass is 127. The van der Waals surface area contributed by atoms with E-state index in [0.29, 0.717) is 5.91 Å². The number of hydrogen-bond donors (Lipinski definition) is 0. The molecule has 1 amide bonds. The number of hydrogen-bond acceptors (Lipinski definition) is 1. The molecule has 0 unspecified atom stereocenters. The summed E-state index contributed by atoms with van der Waals surface area (Å²) in [6.07, 6.45) is 2.93. The zero-order valence-electron chi connectivity index (χ0n) is 8.58. The molecule has 2 rings (SSSR count). The Balaban J connectivity index is 2.04. The van der Waals surface area contributed by atoms with Crippen LogP contribution in [-0.2, 0) is 11.3 Å². The molecule has 0 N–H and O–H groups in total. The van der Waals surface area contributed by atoms with E-state index in [9.17, 15) is 4.79 Å². The average Bonchev–Trinajstić information content (AvgIpc) is 2.22. The first-order chi connectivity index (χ1) is 7.25. The molecule has 1 fully saturated rings. The molecule has 80 valence electrons. The number of carbonyl (C=O) groups excluding carboxylic acids is 1. The maximum absolute atomic E-state index is 11.6. The number of likely N-dealkylation sites (tertiary alicyclic amines) is 1. The monoisotopic (exact) mass is 315 g/mol. The number of rotatable bonds is 2. The predicted octanol–water partition coefficient (Wildman–Crippen LogP) is 2.80. The SMILES string of the molecule is O=C1CCCCN1Cc1cccc(I)c1. The van der Waals surface area contributed by atoms with E-state index in [1.807, 2.05) is 11.0 Å². The van der Waals surface area contributed by atoms with Crippen LogP contribution in [0.5, 0.6) is 0 Å². The van der Waals surface area contributed by atoms with Crippen LogP contribution < -0.4 is 0 Å². The van der Waals surface area contributed by atoms with Gasteiger partial charge in [-0.1, -0.05) is 12.1 Å². The molecule has 0 spiro atoms. The first-order valence-corrected chi connectivity index (χ1v) is 6.36. The summed E-state index contributed by atoms with van der Waals surface area (Å²) in [5, 5.41) is 0. The molecule has 0 atom stereocenters. The first kappa shape index (κ1) is 10.9. The molecule has 15 heavy (non-hydrogen) atoms. The summed E-state index contributed by atoms with van der Waals surface area (Å²) in [7, 11) is 0. The van der Waals surface area contributed by atoms with Crippen LogP contribution >= 0.6 is 22.6 Å². The number of benzene rings is 1. The molecule has 1 aromatic rings. The molecule has 1 saturated heterocycles. The lowest BCUT2D eigenvalue weighted by molar-refractivity contribution is -0.133. The van der Waals surface area contributed by atoms with Gasteiger partial charge in [0.25, 0.3) is 0 Å². The summed E-state index contributed by atoms with van der Waals surface area (Å²) in [4.78, 5) is 13.6. The van der Waals surface area contributed by atoms with Gasteiger partial charge >= 0.3 is 0 Å². The van der Waals surface area contributed by atoms with Crippen molar-refractivity contribution in [3.05, 3.63) is 33.4 Å². The first-order valence-electron chi connectivity index (χ1n) is 5.28. The van der Waals surface area contributed by atoms with Crippen molar-refractivity contribution >= 4 is 28.5 Å². The van der Waals surface area contributed by atoms with E-state index in [-0.39, 0.29) is 0 Å². The van der Waals surface area contributed by atoms with Gasteiger partial charge in [-0.2, -0.15) is 0 Å². The Morgan fingerprint density at radius 2 is 2.20 bits per heavy atom. The molecule has 1 aromatic carbocycles. The van der Waals surface area contributed by atoms with Gasteiger partial charge in [0.05, 0.1) is 0 Å². The zero-order chi connectivity index (χ0) is 10.7. The fourth-order valence-corrected chi connectivity index (χ4v) is 2.49. The third kappa shape index (κ3) is 2.93. The van der Waals surface area contributed by atoms with Gasteiger partial charge in [0.15, 0.2) is 0 Å². The van der Waals surface area contributed by atoms with E-state index in [4.69, 9.17) is 0 Å². The second-order valence-electron chi connectivity index (χ2n) is 3.90. The van der Waals surface area contributed by atoms with E-state index < -0.39 is 0 Å². The topological polar surface area (TPSA) is 20.3 Å². The molecule has 0 aliphatic carbocycles. The van der Waals surface area contributed by atoms with Gasteiger partial charge in [0, 0.05) is 23.1 Å². The van der Waals surface area contributed by atoms with Crippen LogP contribution in [0.25, 0.3) is 0 Å². The fraction of sp³-hybridized carbons (Fsp3) is 0.417. The van der Waals surface area contributed by atoms with Crippen LogP contribution in [0.1, 0.15) is 24.8 Å². The standard InChI is InChI=1S/C12H14INO/c13-11-5-3-4-10(8-11)9-14-7-2-1-6-12(14)15/h3-5,8H,1-2,6-7,9H2. The third-order valence-electron chi connectivity index (χ3n) is 2.68. The Morgan fingerprint density at radius 3 is 2.93 bits per heavy atom. The average molecular weight is 315 g/mol. The number of halogens is 1. The van der Waals surface area contributed by atoms with Crippen LogP contribution in [0.15, 0.2) is 24.3 Å². The summed E-state index contributed by atoms with van der Waals surface area (Å²) in [5.74, 6) is 0.306. The van der Waals surface area contributed by atoms with Gasteiger partial charge in [-0.3, -0.25) is 4.79 Å². The minimum Gasteiger partial charge on any atom is -0.338 e. The van der Waals surface area contributed by atoms with Crippen molar-refractivity contribution in [1.82, 2.24) is 4.90 Å². The van der Waals surface area contributed by atoms with Crippen molar-refractivity contribution < 1.29 is 4.79 Å². The third-order valence-corrected chi connectivity index (χ3v) is 3.35. The van der Waals surface area contributed by atoms with E-state index in [0.717, 1.165) is 32.4 Å². The van der Waals surface area contributed by atoms with E-state index in [1.54, 1.807) is 0 Å². The van der Waals surface area contributed by atoms with Crippen LogP contribution in [0.2, 0.25) is 0 Å². The maximum atomic E-state index is 11.6. The number of nitrogens with zero attached hydrogens (tertiary/aromatic N) is 1. The molecule has 1 aliphatic rings. The van der Waals surface area contributed by atoms with Gasteiger partial charge < -0.3 is 4.90 Å². The van der Waals surface area contributed by atoms with E-state index >= 15 is 0 Å². The minimum atomic E-state index is 0.306. The van der Waals surface area contributed by atoms with Gasteiger partial charge in [-0.25, -0.2) is 0 Å². The molecule has 0 radical (unpaired) electrons. The Kier molecular flexibility index (Phi) is 3.61. The molecule has 1 heterocycles. The molecular formula is C12H14INO. The highest BCUT2D eigenvalue weighted by Gasteiger charge is 2.17. The quantitative estimate of drug-likeness (QED) is 0.769. The van der Waals surface area contributed by atoms with Crippen molar-refractivity contribution in [2.24, 2.45) is 0 Å². The normalized spacial score (nSPS) is 16.9. The molecule has 0 aromatic heterocycles. The Labute approximate surface area is 104 Å². The van der Waals surface area contributed by atoms with Crippen molar-refractivity contribution in [3.8, 4) is 0 Å². The highest BCUT2D eigenvalue weighted by molar-refractivity contribution is 14.1. The second kappa shape index (κ2) is 4.96. The summed E-state index contributed by atoms with van der Waals surface area (Å²) < 4.78 is 1.23. The lowest BCUT2D eigenvalue weighted by Gasteiger charge is -2.26. The Morgan fingerprint density at radius 1 is 1.33 bits per heavy atom. The fourth-order valence-electron chi connectivity index (χ4n) is 1.88. The Hall–Kier alpha value is -0.580. The number of amides is 1. The lowest BCUT2D eigenvalue weighted by Crippen LogP contribution is -2.34. The number of piperidine rings is 1. The highest BCUT2D eigenvalue weighted by Crippen LogP contribution is 2.15. The molecular weight excluding hydrogens is 301 g/mol. The summed E-state index contributed by atoms with van der Waals surface area (Å²) >= 11 is 2.30. The minimum absolute atomic E-state index is 0.306. The molecule has 3 heteroatoms. The molecule has 2 nitrogen and oxygen atoms in total. The largest absolute Gasteiger partial charge is 0.338 e. The summed E-state index contributed by atoms with van der Waals surface area (Å²) in [5.41, 5.74) is 1.23. The van der Waals surface area contributed by atoms with Crippen molar-refractivity contribution in [2.75, 3.05) is 6.54 Å². The van der Waals surface area contributed by atoms with E-state index in [2.05, 4.69) is 40.8 Å². The van der Waals surface area contributed by atoms with Crippen LogP contribution in [0, 0.1) is 3.57 Å². The molecule has 0 bridgehead atoms. The van der Waals surface area contributed by atoms with Gasteiger partial charge in [0.2, 0.25) is 5.91 Å². The molecule has 1 aliphatic heterocycles. The van der Waals surface area contributed by atoms with Crippen molar-refractivity contribution in [1.29, 1.82) is 0 Å². The van der Waals surface area contributed by atoms with E-state index in [1.165, 1.54) is 9.13 Å². The van der Waals surface area contributed by atoms with Crippen molar-refractivity contribution in [3.63, 3.8) is 0 Å². The zero-order valence-corrected chi connectivity index (χ0v) is 10.7. The predicted molar refractivity (Wildman–Crippen MR) is 68.4 cm³/mol. The van der Waals surface area contributed by atoms with Crippen LogP contribution in [0.3, 0.4) is 0 Å².